The van der Waals surface area contributed by atoms with Crippen molar-refractivity contribution < 1.29 is 8.42 Å². The average Bonchev–Trinajstić information content (AvgIpc) is 3.05. The minimum Gasteiger partial charge on any atom is -0.312 e. The zero-order chi connectivity index (χ0) is 13.0. The molecule has 1 unspecified atom stereocenters. The molecular weight excluding hydrogens is 246 g/mol. The molecule has 3 rings (SSSR count). The highest BCUT2D eigenvalue weighted by molar-refractivity contribution is 7.92. The molecule has 0 heterocycles. The Morgan fingerprint density at radius 3 is 2.56 bits per heavy atom. The molecule has 3 aliphatic carbocycles. The molecule has 1 N–H and O–H groups in total. The van der Waals surface area contributed by atoms with Crippen LogP contribution in [0.2, 0.25) is 0 Å². The Morgan fingerprint density at radius 1 is 1.17 bits per heavy atom. The van der Waals surface area contributed by atoms with Crippen molar-refractivity contribution in [1.82, 2.24) is 5.32 Å². The van der Waals surface area contributed by atoms with Gasteiger partial charge in [-0.15, -0.1) is 0 Å². The predicted molar refractivity (Wildman–Crippen MR) is 73.2 cm³/mol. The summed E-state index contributed by atoms with van der Waals surface area (Å²) in [6.45, 7) is 5.33. The van der Waals surface area contributed by atoms with E-state index in [1.54, 1.807) is 0 Å². The van der Waals surface area contributed by atoms with E-state index in [1.165, 1.54) is 19.3 Å². The van der Waals surface area contributed by atoms with Crippen molar-refractivity contribution in [1.29, 1.82) is 0 Å². The second kappa shape index (κ2) is 4.20. The minimum absolute atomic E-state index is 0.00655. The largest absolute Gasteiger partial charge is 0.312 e. The number of rotatable bonds is 5. The number of hydrogen-bond acceptors (Lipinski definition) is 3. The van der Waals surface area contributed by atoms with Crippen LogP contribution >= 0.6 is 0 Å². The third kappa shape index (κ3) is 2.01. The number of sulfone groups is 1. The molecule has 0 aromatic rings. The molecule has 3 saturated carbocycles. The summed E-state index contributed by atoms with van der Waals surface area (Å²) in [6.07, 6.45) is 5.85. The Morgan fingerprint density at radius 2 is 1.89 bits per heavy atom. The Bertz CT molecular complexity index is 425. The van der Waals surface area contributed by atoms with Gasteiger partial charge >= 0.3 is 0 Å². The van der Waals surface area contributed by atoms with Gasteiger partial charge in [-0.1, -0.05) is 20.3 Å². The maximum absolute atomic E-state index is 11.8. The fraction of sp³-hybridized carbons (Fsp3) is 1.00. The summed E-state index contributed by atoms with van der Waals surface area (Å²) < 4.78 is 23.7. The molecule has 0 aromatic heterocycles. The zero-order valence-corrected chi connectivity index (χ0v) is 12.3. The zero-order valence-electron chi connectivity index (χ0n) is 11.5. The van der Waals surface area contributed by atoms with Gasteiger partial charge in [0.05, 0.1) is 11.0 Å². The molecule has 0 spiro atoms. The standard InChI is InChI=1S/C14H25NO2S/c1-14(2)12-5-3-4-11(12)13(14)15-8-9-18(16,17)10-6-7-10/h10-13,15H,3-9H2,1-2H3/t11-,12+,13?/m1/s1. The van der Waals surface area contributed by atoms with Gasteiger partial charge in [-0.25, -0.2) is 8.42 Å². The molecule has 3 aliphatic rings. The predicted octanol–water partition coefficient (Wildman–Crippen LogP) is 1.98. The highest BCUT2D eigenvalue weighted by atomic mass is 32.2. The van der Waals surface area contributed by atoms with Gasteiger partial charge in [-0.3, -0.25) is 0 Å². The van der Waals surface area contributed by atoms with E-state index in [-0.39, 0.29) is 5.25 Å². The SMILES string of the molecule is CC1(C)C(NCCS(=O)(=O)C2CC2)[C@@H]2CCC[C@@H]21. The molecular formula is C14H25NO2S. The molecule has 4 heteroatoms. The lowest BCUT2D eigenvalue weighted by molar-refractivity contribution is -0.0394. The summed E-state index contributed by atoms with van der Waals surface area (Å²) in [7, 11) is -2.79. The smallest absolute Gasteiger partial charge is 0.154 e. The van der Waals surface area contributed by atoms with Crippen LogP contribution in [0.1, 0.15) is 46.0 Å². The first-order valence-corrected chi connectivity index (χ1v) is 9.09. The molecule has 0 radical (unpaired) electrons. The Balaban J connectivity index is 1.51. The van der Waals surface area contributed by atoms with E-state index in [2.05, 4.69) is 19.2 Å². The highest BCUT2D eigenvalue weighted by Crippen LogP contribution is 2.58. The van der Waals surface area contributed by atoms with Crippen molar-refractivity contribution in [2.45, 2.75) is 57.2 Å². The van der Waals surface area contributed by atoms with Gasteiger partial charge in [0, 0.05) is 12.6 Å². The van der Waals surface area contributed by atoms with E-state index >= 15 is 0 Å². The molecule has 3 atom stereocenters. The van der Waals surface area contributed by atoms with E-state index in [4.69, 9.17) is 0 Å². The maximum atomic E-state index is 11.8. The fourth-order valence-corrected chi connectivity index (χ4v) is 5.93. The van der Waals surface area contributed by atoms with Crippen molar-refractivity contribution in [3.8, 4) is 0 Å². The van der Waals surface area contributed by atoms with E-state index < -0.39 is 9.84 Å². The fourth-order valence-electron chi connectivity index (χ4n) is 4.34. The van der Waals surface area contributed by atoms with Crippen LogP contribution in [0.15, 0.2) is 0 Å². The number of hydrogen-bond donors (Lipinski definition) is 1. The maximum Gasteiger partial charge on any atom is 0.154 e. The van der Waals surface area contributed by atoms with Gasteiger partial charge < -0.3 is 5.32 Å². The average molecular weight is 271 g/mol. The van der Waals surface area contributed by atoms with E-state index in [9.17, 15) is 8.42 Å². The molecule has 0 saturated heterocycles. The molecule has 0 aliphatic heterocycles. The Kier molecular flexibility index (Phi) is 3.02. The van der Waals surface area contributed by atoms with Crippen LogP contribution in [0, 0.1) is 17.3 Å². The number of fused-ring (bicyclic) bond motifs is 1. The summed E-state index contributed by atoms with van der Waals surface area (Å²) in [5.41, 5.74) is 0.366. The first kappa shape index (κ1) is 12.9. The summed E-state index contributed by atoms with van der Waals surface area (Å²) in [6, 6.07) is 0.541. The van der Waals surface area contributed by atoms with Crippen molar-refractivity contribution in [2.24, 2.45) is 17.3 Å². The third-order valence-corrected chi connectivity index (χ3v) is 7.80. The lowest BCUT2D eigenvalue weighted by Gasteiger charge is -2.56. The third-order valence-electron chi connectivity index (χ3n) is 5.54. The van der Waals surface area contributed by atoms with Crippen LogP contribution in [0.25, 0.3) is 0 Å². The summed E-state index contributed by atoms with van der Waals surface area (Å²) >= 11 is 0. The second-order valence-electron chi connectivity index (χ2n) is 7.02. The topological polar surface area (TPSA) is 46.2 Å². The van der Waals surface area contributed by atoms with Crippen LogP contribution in [0.5, 0.6) is 0 Å². The summed E-state index contributed by atoms with van der Waals surface area (Å²) in [5.74, 6) is 2.01. The van der Waals surface area contributed by atoms with Crippen molar-refractivity contribution in [3.63, 3.8) is 0 Å². The van der Waals surface area contributed by atoms with Gasteiger partial charge in [0.15, 0.2) is 9.84 Å². The van der Waals surface area contributed by atoms with Crippen molar-refractivity contribution in [2.75, 3.05) is 12.3 Å². The molecule has 0 amide bonds. The first-order valence-electron chi connectivity index (χ1n) is 7.38. The minimum atomic E-state index is -2.79. The second-order valence-corrected chi connectivity index (χ2v) is 9.42. The van der Waals surface area contributed by atoms with Crippen LogP contribution in [0.4, 0.5) is 0 Å². The lowest BCUT2D eigenvalue weighted by atomic mass is 9.53. The molecule has 0 aromatic carbocycles. The van der Waals surface area contributed by atoms with Crippen LogP contribution in [-0.4, -0.2) is 32.0 Å². The molecule has 104 valence electrons. The van der Waals surface area contributed by atoms with Gasteiger partial charge in [0.1, 0.15) is 0 Å². The summed E-state index contributed by atoms with van der Waals surface area (Å²) in [5, 5.41) is 3.53. The van der Waals surface area contributed by atoms with Gasteiger partial charge in [0.25, 0.3) is 0 Å². The lowest BCUT2D eigenvalue weighted by Crippen LogP contribution is -2.62. The highest BCUT2D eigenvalue weighted by Gasteiger charge is 2.57. The van der Waals surface area contributed by atoms with Crippen LogP contribution < -0.4 is 5.32 Å². The normalized spacial score (nSPS) is 38.2. The molecule has 0 bridgehead atoms. The van der Waals surface area contributed by atoms with Crippen molar-refractivity contribution >= 4 is 9.84 Å². The molecule has 3 nitrogen and oxygen atoms in total. The molecule has 18 heavy (non-hydrogen) atoms. The monoisotopic (exact) mass is 271 g/mol. The van der Waals surface area contributed by atoms with Gasteiger partial charge in [-0.05, 0) is 42.9 Å². The van der Waals surface area contributed by atoms with Gasteiger partial charge in [-0.2, -0.15) is 0 Å². The van der Waals surface area contributed by atoms with E-state index in [1.807, 2.05) is 0 Å². The van der Waals surface area contributed by atoms with Crippen LogP contribution in [-0.2, 0) is 9.84 Å². The van der Waals surface area contributed by atoms with Crippen LogP contribution in [0.3, 0.4) is 0 Å². The van der Waals surface area contributed by atoms with E-state index in [0.29, 0.717) is 23.8 Å². The molecule has 3 fully saturated rings. The number of nitrogens with one attached hydrogen (secondary N) is 1. The van der Waals surface area contributed by atoms with Gasteiger partial charge in [0.2, 0.25) is 0 Å². The Labute approximate surface area is 111 Å². The summed E-state index contributed by atoms with van der Waals surface area (Å²) in [4.78, 5) is 0. The Hall–Kier alpha value is -0.0900. The quantitative estimate of drug-likeness (QED) is 0.831. The first-order chi connectivity index (χ1) is 8.43. The van der Waals surface area contributed by atoms with Crippen molar-refractivity contribution in [3.05, 3.63) is 0 Å². The van der Waals surface area contributed by atoms with E-state index in [0.717, 1.165) is 24.7 Å².